The molecular formula is C54H38N2O2. The Labute approximate surface area is 336 Å². The zero-order valence-corrected chi connectivity index (χ0v) is 32.0. The second-order valence-corrected chi connectivity index (χ2v) is 14.9. The van der Waals surface area contributed by atoms with Crippen LogP contribution in [0.4, 0.5) is 17.1 Å². The minimum absolute atomic E-state index is 0.588. The van der Waals surface area contributed by atoms with Gasteiger partial charge in [0.15, 0.2) is 0 Å². The molecule has 9 aromatic carbocycles. The first kappa shape index (κ1) is 33.9. The fourth-order valence-electron chi connectivity index (χ4n) is 8.69. The summed E-state index contributed by atoms with van der Waals surface area (Å²) in [5.74, 6) is 0. The molecule has 11 rings (SSSR count). The Morgan fingerprint density at radius 2 is 1.05 bits per heavy atom. The van der Waals surface area contributed by atoms with Crippen LogP contribution in [-0.4, -0.2) is 11.7 Å². The number of rotatable bonds is 8. The van der Waals surface area contributed by atoms with Crippen LogP contribution in [0, 0.1) is 0 Å². The third-order valence-electron chi connectivity index (χ3n) is 11.5. The van der Waals surface area contributed by atoms with Crippen LogP contribution in [0.2, 0.25) is 0 Å². The minimum atomic E-state index is 0.588. The Morgan fingerprint density at radius 3 is 1.81 bits per heavy atom. The first-order valence-electron chi connectivity index (χ1n) is 19.7. The molecule has 276 valence electrons. The van der Waals surface area contributed by atoms with Gasteiger partial charge in [-0.25, -0.2) is 0 Å². The van der Waals surface area contributed by atoms with Gasteiger partial charge >= 0.3 is 0 Å². The molecule has 0 amide bonds. The van der Waals surface area contributed by atoms with Crippen LogP contribution in [-0.2, 0) is 11.3 Å². The molecule has 0 fully saturated rings. The molecule has 0 atom stereocenters. The fraction of sp³-hybridized carbons (Fsp3) is 0.0370. The van der Waals surface area contributed by atoms with Crippen LogP contribution in [0.3, 0.4) is 0 Å². The maximum absolute atomic E-state index is 6.34. The molecule has 0 aliphatic carbocycles. The molecule has 0 N–H and O–H groups in total. The lowest BCUT2D eigenvalue weighted by molar-refractivity contribution is 0.185. The van der Waals surface area contributed by atoms with Crippen LogP contribution in [0.15, 0.2) is 205 Å². The third kappa shape index (κ3) is 5.73. The highest BCUT2D eigenvalue weighted by atomic mass is 16.5. The van der Waals surface area contributed by atoms with E-state index < -0.39 is 0 Å². The smallest absolute Gasteiger partial charge is 0.136 e. The zero-order valence-electron chi connectivity index (χ0n) is 32.0. The van der Waals surface area contributed by atoms with Gasteiger partial charge in [0, 0.05) is 51.4 Å². The van der Waals surface area contributed by atoms with Crippen molar-refractivity contribution in [2.45, 2.75) is 6.61 Å². The van der Waals surface area contributed by atoms with Gasteiger partial charge in [-0.3, -0.25) is 0 Å². The number of hydrogen-bond acceptors (Lipinski definition) is 3. The molecule has 0 saturated heterocycles. The summed E-state index contributed by atoms with van der Waals surface area (Å²) in [7, 11) is 1.73. The van der Waals surface area contributed by atoms with E-state index in [1.165, 1.54) is 49.3 Å². The Balaban J connectivity index is 1.07. The van der Waals surface area contributed by atoms with Gasteiger partial charge in [-0.15, -0.1) is 0 Å². The fourth-order valence-corrected chi connectivity index (χ4v) is 8.69. The normalized spacial score (nSPS) is 11.7. The summed E-state index contributed by atoms with van der Waals surface area (Å²) >= 11 is 0. The summed E-state index contributed by atoms with van der Waals surface area (Å²) in [6.45, 7) is 0.588. The topological polar surface area (TPSA) is 30.5 Å². The first-order valence-corrected chi connectivity index (χ1v) is 19.7. The van der Waals surface area contributed by atoms with Gasteiger partial charge in [0.05, 0.1) is 17.6 Å². The molecule has 11 aromatic rings. The number of ether oxygens (including phenoxy) is 1. The second-order valence-electron chi connectivity index (χ2n) is 14.9. The van der Waals surface area contributed by atoms with E-state index in [0.29, 0.717) is 6.61 Å². The van der Waals surface area contributed by atoms with Crippen molar-refractivity contribution >= 4 is 71.6 Å². The zero-order chi connectivity index (χ0) is 38.6. The Hall–Kier alpha value is -7.40. The van der Waals surface area contributed by atoms with Crippen LogP contribution in [0.5, 0.6) is 0 Å². The summed E-state index contributed by atoms with van der Waals surface area (Å²) in [5.41, 5.74) is 14.4. The number of nitrogens with zero attached hydrogens (tertiary/aromatic N) is 2. The average molecular weight is 747 g/mol. The number of para-hydroxylation sites is 2. The molecule has 0 bridgehead atoms. The van der Waals surface area contributed by atoms with Crippen molar-refractivity contribution in [3.63, 3.8) is 0 Å². The molecule has 0 aliphatic rings. The summed E-state index contributed by atoms with van der Waals surface area (Å²) < 4.78 is 14.1. The van der Waals surface area contributed by atoms with Crippen molar-refractivity contribution in [3.8, 4) is 27.9 Å². The molecule has 4 heteroatoms. The number of methoxy groups -OCH3 is 1. The molecule has 4 nitrogen and oxygen atoms in total. The van der Waals surface area contributed by atoms with Crippen LogP contribution in [0.1, 0.15) is 5.56 Å². The lowest BCUT2D eigenvalue weighted by Crippen LogP contribution is -2.09. The quantitative estimate of drug-likeness (QED) is 0.155. The van der Waals surface area contributed by atoms with Crippen LogP contribution in [0.25, 0.3) is 82.5 Å². The maximum Gasteiger partial charge on any atom is 0.136 e. The predicted molar refractivity (Wildman–Crippen MR) is 242 cm³/mol. The molecule has 2 heterocycles. The van der Waals surface area contributed by atoms with Crippen LogP contribution < -0.4 is 4.90 Å². The molecule has 2 aromatic heterocycles. The summed E-state index contributed by atoms with van der Waals surface area (Å²) in [4.78, 5) is 2.30. The lowest BCUT2D eigenvalue weighted by Gasteiger charge is -2.26. The first-order chi connectivity index (χ1) is 28.7. The Morgan fingerprint density at radius 1 is 0.448 bits per heavy atom. The standard InChI is InChI=1S/C54H38N2O2/c1-57-35-36-16-24-43(25-17-36)55(42-12-6-3-7-13-42)44-26-20-39(21-27-44)40-22-30-50-48(32-40)49-34-47-41(23-31-53-54(47)46-14-8-9-15-52(46)58-53)33-51(49)56(50)45-28-18-38(19-29-45)37-10-4-2-5-11-37/h2-34H,35H2,1H3. The number of benzene rings is 9. The number of aromatic nitrogens is 1. The Kier molecular flexibility index (Phi) is 8.16. The van der Waals surface area contributed by atoms with Gasteiger partial charge in [0.1, 0.15) is 11.2 Å². The van der Waals surface area contributed by atoms with E-state index in [0.717, 1.165) is 55.8 Å². The van der Waals surface area contributed by atoms with Crippen molar-refractivity contribution in [1.29, 1.82) is 0 Å². The van der Waals surface area contributed by atoms with Crippen molar-refractivity contribution < 1.29 is 9.15 Å². The van der Waals surface area contributed by atoms with Crippen molar-refractivity contribution in [2.24, 2.45) is 0 Å². The maximum atomic E-state index is 6.34. The van der Waals surface area contributed by atoms with Crippen molar-refractivity contribution in [1.82, 2.24) is 4.57 Å². The molecule has 0 aliphatic heterocycles. The second kappa shape index (κ2) is 14.0. The summed E-state index contributed by atoms with van der Waals surface area (Å²) in [5, 5.41) is 7.09. The van der Waals surface area contributed by atoms with E-state index in [2.05, 4.69) is 204 Å². The van der Waals surface area contributed by atoms with Crippen molar-refractivity contribution in [2.75, 3.05) is 12.0 Å². The molecule has 0 spiro atoms. The minimum Gasteiger partial charge on any atom is -0.456 e. The van der Waals surface area contributed by atoms with Gasteiger partial charge in [-0.05, 0) is 124 Å². The van der Waals surface area contributed by atoms with Gasteiger partial charge in [0.25, 0.3) is 0 Å². The van der Waals surface area contributed by atoms with E-state index >= 15 is 0 Å². The van der Waals surface area contributed by atoms with Gasteiger partial charge in [-0.1, -0.05) is 115 Å². The molecule has 0 unspecified atom stereocenters. The van der Waals surface area contributed by atoms with Gasteiger partial charge in [-0.2, -0.15) is 0 Å². The van der Waals surface area contributed by atoms with E-state index in [4.69, 9.17) is 9.15 Å². The highest BCUT2D eigenvalue weighted by Crippen LogP contribution is 2.42. The van der Waals surface area contributed by atoms with Gasteiger partial charge < -0.3 is 18.6 Å². The SMILES string of the molecule is COCc1ccc(N(c2ccccc2)c2ccc(-c3ccc4c(c3)c3cc5c(ccc6oc7ccccc7c65)cc3n4-c3ccc(-c4ccccc4)cc3)cc2)cc1. The molecule has 58 heavy (non-hydrogen) atoms. The van der Waals surface area contributed by atoms with Crippen LogP contribution >= 0.6 is 0 Å². The van der Waals surface area contributed by atoms with E-state index in [-0.39, 0.29) is 0 Å². The predicted octanol–water partition coefficient (Wildman–Crippen LogP) is 14.8. The highest BCUT2D eigenvalue weighted by molar-refractivity contribution is 6.23. The largest absolute Gasteiger partial charge is 0.456 e. The Bertz CT molecular complexity index is 3250. The number of hydrogen-bond donors (Lipinski definition) is 0. The number of furan rings is 1. The van der Waals surface area contributed by atoms with E-state index in [1.54, 1.807) is 7.11 Å². The van der Waals surface area contributed by atoms with Gasteiger partial charge in [0.2, 0.25) is 0 Å². The molecular weight excluding hydrogens is 709 g/mol. The van der Waals surface area contributed by atoms with E-state index in [9.17, 15) is 0 Å². The third-order valence-corrected chi connectivity index (χ3v) is 11.5. The monoisotopic (exact) mass is 746 g/mol. The summed E-state index contributed by atoms with van der Waals surface area (Å²) in [6, 6.07) is 71.9. The molecule has 0 saturated carbocycles. The lowest BCUT2D eigenvalue weighted by atomic mass is 9.99. The molecule has 0 radical (unpaired) electrons. The average Bonchev–Trinajstić information content (AvgIpc) is 3.83. The number of anilines is 3. The van der Waals surface area contributed by atoms with Crippen molar-refractivity contribution in [3.05, 3.63) is 206 Å². The number of fused-ring (bicyclic) bond motifs is 8. The highest BCUT2D eigenvalue weighted by Gasteiger charge is 2.18. The summed E-state index contributed by atoms with van der Waals surface area (Å²) in [6.07, 6.45) is 0. The van der Waals surface area contributed by atoms with E-state index in [1.807, 2.05) is 6.07 Å².